The highest BCUT2D eigenvalue weighted by atomic mass is 32.2. The van der Waals surface area contributed by atoms with Gasteiger partial charge in [0.2, 0.25) is 112 Å². The second kappa shape index (κ2) is 59.6. The Balaban J connectivity index is 1.13. The number of phenolic OH excluding ortho intramolecular Hbond substituents is 1. The Morgan fingerprint density at radius 3 is 1.68 bits per heavy atom. The van der Waals surface area contributed by atoms with Crippen molar-refractivity contribution >= 4 is 158 Å². The first-order chi connectivity index (χ1) is 71.0. The molecule has 0 saturated carbocycles. The molecule has 8 rings (SSSR count). The molecular weight excluding hydrogens is 1960 g/mol. The van der Waals surface area contributed by atoms with E-state index in [1.54, 1.807) is 54.7 Å². The van der Waals surface area contributed by atoms with Gasteiger partial charge in [-0.25, -0.2) is 0 Å². The zero-order valence-electron chi connectivity index (χ0n) is 85.5. The number of nitrogens with one attached hydrogen (secondary N) is 14. The number of fused-ring (bicyclic) bond motifs is 4. The molecule has 24 N–H and O–H groups in total. The zero-order valence-corrected chi connectivity index (χ0v) is 86.3. The summed E-state index contributed by atoms with van der Waals surface area (Å²) in [5.74, 6) is -21.1. The van der Waals surface area contributed by atoms with Gasteiger partial charge in [-0.05, 0) is 113 Å². The molecule has 5 aromatic rings. The van der Waals surface area contributed by atoms with E-state index in [2.05, 4.69) is 74.1 Å². The number of hydrogen-bond acceptors (Lipinski definition) is 26. The lowest BCUT2D eigenvalue weighted by atomic mass is 10.00. The van der Waals surface area contributed by atoms with Crippen LogP contribution in [0.1, 0.15) is 180 Å². The third kappa shape index (κ3) is 36.3. The van der Waals surface area contributed by atoms with Crippen molar-refractivity contribution in [3.8, 4) is 5.75 Å². The van der Waals surface area contributed by atoms with Crippen molar-refractivity contribution in [2.75, 3.05) is 85.0 Å². The summed E-state index contributed by atoms with van der Waals surface area (Å²) in [4.78, 5) is 307. The summed E-state index contributed by atoms with van der Waals surface area (Å²) in [5.41, 5.74) is 20.3. The van der Waals surface area contributed by atoms with Crippen LogP contribution in [0.15, 0.2) is 85.2 Å². The van der Waals surface area contributed by atoms with Crippen molar-refractivity contribution in [2.24, 2.45) is 17.2 Å². The predicted molar refractivity (Wildman–Crippen MR) is 546 cm³/mol. The van der Waals surface area contributed by atoms with Crippen LogP contribution in [0, 0.1) is 0 Å². The van der Waals surface area contributed by atoms with Crippen LogP contribution >= 0.6 is 11.8 Å². The van der Waals surface area contributed by atoms with Gasteiger partial charge in [-0.15, -0.1) is 11.8 Å². The maximum atomic E-state index is 15.9. The average molecular weight is 2100 g/mol. The Kier molecular flexibility index (Phi) is 47.9. The number of para-hydroxylation sites is 2. The minimum Gasteiger partial charge on any atom is -0.508 e. The molecule has 48 nitrogen and oxygen atoms in total. The van der Waals surface area contributed by atoms with E-state index in [0.717, 1.165) is 74.8 Å². The number of carbonyl (C=O) groups excluding carboxylic acids is 19. The van der Waals surface area contributed by atoms with Crippen LogP contribution in [-0.2, 0) is 126 Å². The molecule has 3 aliphatic rings. The van der Waals surface area contributed by atoms with Crippen molar-refractivity contribution < 1.29 is 121 Å². The zero-order chi connectivity index (χ0) is 109. The molecule has 149 heavy (non-hydrogen) atoms. The Hall–Kier alpha value is -14.4. The topological polar surface area (TPSA) is 711 Å². The summed E-state index contributed by atoms with van der Waals surface area (Å²) in [7, 11) is 3.81. The molecule has 0 radical (unpaired) electrons. The smallest absolute Gasteiger partial charge is 0.323 e. The van der Waals surface area contributed by atoms with E-state index in [4.69, 9.17) is 22.3 Å². The molecule has 0 spiro atoms. The average Bonchev–Trinajstić information content (AvgIpc) is 1.65. The minimum atomic E-state index is -1.80. The van der Waals surface area contributed by atoms with Crippen molar-refractivity contribution in [2.45, 2.75) is 280 Å². The lowest BCUT2D eigenvalue weighted by Gasteiger charge is -2.36. The van der Waals surface area contributed by atoms with E-state index in [9.17, 15) is 87.2 Å². The van der Waals surface area contributed by atoms with Gasteiger partial charge in [0, 0.05) is 119 Å². The monoisotopic (exact) mass is 2100 g/mol. The second-order valence-electron chi connectivity index (χ2n) is 37.8. The molecule has 5 heterocycles. The van der Waals surface area contributed by atoms with Crippen LogP contribution in [0.5, 0.6) is 5.75 Å². The number of aromatic nitrogens is 2. The van der Waals surface area contributed by atoms with Crippen LogP contribution in [0.25, 0.3) is 21.8 Å². The van der Waals surface area contributed by atoms with Crippen molar-refractivity contribution in [3.05, 3.63) is 102 Å². The molecule has 49 heteroatoms. The molecule has 3 fully saturated rings. The SMILES string of the molecule is CCCC[C@H]1C(=O)N(C)[C@@H](CCCC)C(=O)N[C@@H](C)C(=O)N[C@H](C(=O)NCC(=O)NCC(=O)NCC(=O)NCCCCCCCCCCC(=O)O)CSCC(=O)N[C@@H](Cc2ccc(O)cc2)C(=O)N(C)[C@@H](C)C(=O)N[C@@H](CC(N)=O)C(=O)N2CCC[C@H]2C(=O)N[C@@H](CN)C(=O)N[C@@H](C)C(=O)N2C[C@H](O)C[C@@H]2C(=O)N[C@@H](Cc2c[nH]c3ccccc23)C(=O)N[C@@H](CCN)C(=O)N[C@@H](Cc2cn(CC(=O)O)c3ccccc23)C(=O)N1C. The standard InChI is InChI=1S/C100H145N23O25S/c1-9-11-29-76-93(141)109-57(3)87(135)117-74(89(137)108-51-83(129)107-50-82(128)106-49-81(127)104-40-24-18-16-14-13-15-17-19-33-85(131)132)55-149-56-84(130)111-70(42-60-34-36-63(124)37-35-60)97(145)118(6)59(5)88(136)114-72(46-80(103)126)99(147)122-41-25-32-77(122)94(142)116-73(47-102)92(140)110-58(4)96(144)123-53-64(125)45-79(123)95(143)113-69(43-61-48-105-67-28-22-20-26-65(61)67)91(139)112-68(38-39-101)90(138)115-71(98(146)120(8)78(30-12-10-2)100(148)119(76)7)44-62-52-121(54-86(133)134)75-31-23-21-27-66(62)75/h20-23,26-28,31,34-37,48,52,57-59,64,68-74,76-79,105,124-125H,9-19,24-25,29-30,32-33,38-47,49-51,53-56,101-102H2,1-8H3,(H2,103,126)(H,104,127)(H,106,128)(H,107,129)(H,108,137)(H,109,141)(H,110,140)(H,111,130)(H,112,139)(H,113,143)(H,114,136)(H,115,138)(H,116,142)(H,117,135)(H,131,132)(H,133,134)/t57-,58-,59-,64+,68-,69-,70-,71-,72-,73-,74-,76-,77-,78-,79+/m0/s1. The summed E-state index contributed by atoms with van der Waals surface area (Å²) in [5, 5.41) is 75.0. The van der Waals surface area contributed by atoms with Gasteiger partial charge in [-0.1, -0.05) is 127 Å². The number of carboxylic acid groups (broad SMARTS) is 2. The number of likely N-dealkylation sites (N-methyl/N-ethyl adjacent to an activating group) is 3. The molecule has 3 aliphatic heterocycles. The fraction of sp³-hybridized carbons (Fsp3) is 0.570. The third-order valence-electron chi connectivity index (χ3n) is 26.4. The highest BCUT2D eigenvalue weighted by Gasteiger charge is 2.46. The van der Waals surface area contributed by atoms with Crippen LogP contribution in [-0.4, -0.2) is 354 Å². The van der Waals surface area contributed by atoms with Crippen molar-refractivity contribution in [1.82, 2.24) is 103 Å². The first kappa shape index (κ1) is 120. The number of thioether (sulfide) groups is 1. The number of amides is 19. The number of H-pyrrole nitrogens is 1. The summed E-state index contributed by atoms with van der Waals surface area (Å²) in [6, 6.07) is -3.01. The van der Waals surface area contributed by atoms with Crippen LogP contribution in [0.2, 0.25) is 0 Å². The molecule has 816 valence electrons. The maximum Gasteiger partial charge on any atom is 0.323 e. The third-order valence-corrected chi connectivity index (χ3v) is 27.4. The molecule has 3 saturated heterocycles. The van der Waals surface area contributed by atoms with Gasteiger partial charge in [0.05, 0.1) is 37.9 Å². The van der Waals surface area contributed by atoms with E-state index in [1.807, 2.05) is 13.8 Å². The fourth-order valence-electron chi connectivity index (χ4n) is 17.9. The molecule has 0 aliphatic carbocycles. The number of aliphatic hydroxyl groups is 1. The summed E-state index contributed by atoms with van der Waals surface area (Å²) in [6.45, 7) is 3.71. The van der Waals surface area contributed by atoms with Gasteiger partial charge in [-0.2, -0.15) is 0 Å². The molecule has 3 aromatic carbocycles. The molecule has 2 aromatic heterocycles. The van der Waals surface area contributed by atoms with Crippen LogP contribution in [0.3, 0.4) is 0 Å². The Labute approximate surface area is 867 Å². The van der Waals surface area contributed by atoms with E-state index in [-0.39, 0.29) is 76.6 Å². The quantitative estimate of drug-likeness (QED) is 0.0178. The van der Waals surface area contributed by atoms with Crippen molar-refractivity contribution in [3.63, 3.8) is 0 Å². The lowest BCUT2D eigenvalue weighted by Crippen LogP contribution is -2.61. The summed E-state index contributed by atoms with van der Waals surface area (Å²) in [6.07, 6.45) is 7.44. The number of benzene rings is 3. The van der Waals surface area contributed by atoms with Gasteiger partial charge in [0.15, 0.2) is 0 Å². The van der Waals surface area contributed by atoms with Gasteiger partial charge >= 0.3 is 11.9 Å². The van der Waals surface area contributed by atoms with Crippen LogP contribution < -0.4 is 86.3 Å². The Morgan fingerprint density at radius 2 is 1.04 bits per heavy atom. The van der Waals surface area contributed by atoms with Gasteiger partial charge in [-0.3, -0.25) is 101 Å². The number of aliphatic carboxylic acids is 2. The number of carbonyl (C=O) groups is 21. The van der Waals surface area contributed by atoms with Gasteiger partial charge < -0.3 is 141 Å². The number of unbranched alkanes of at least 4 members (excludes halogenated alkanes) is 9. The number of hydrogen-bond donors (Lipinski definition) is 21. The lowest BCUT2D eigenvalue weighted by molar-refractivity contribution is -0.149. The second-order valence-corrected chi connectivity index (χ2v) is 38.8. The number of nitrogens with two attached hydrogens (primary N) is 3. The Morgan fingerprint density at radius 1 is 0.490 bits per heavy atom. The van der Waals surface area contributed by atoms with E-state index in [1.165, 1.54) is 76.9 Å². The van der Waals surface area contributed by atoms with E-state index < -0.39 is 285 Å². The first-order valence-electron chi connectivity index (χ1n) is 50.5. The predicted octanol–water partition coefficient (Wildman–Crippen LogP) is -2.83. The number of carboxylic acids is 2. The van der Waals surface area contributed by atoms with Gasteiger partial charge in [0.1, 0.15) is 96.9 Å². The number of primary amides is 1. The molecule has 19 amide bonds. The minimum absolute atomic E-state index is 0.0383. The summed E-state index contributed by atoms with van der Waals surface area (Å²) < 4.78 is 1.42. The van der Waals surface area contributed by atoms with Crippen molar-refractivity contribution in [1.29, 1.82) is 0 Å². The van der Waals surface area contributed by atoms with Crippen LogP contribution in [0.4, 0.5) is 0 Å². The molecule has 0 bridgehead atoms. The van der Waals surface area contributed by atoms with E-state index in [0.29, 0.717) is 77.1 Å². The number of aromatic amines is 1. The number of rotatable bonds is 37. The normalized spacial score (nSPS) is 23.4. The largest absolute Gasteiger partial charge is 0.508 e. The fourth-order valence-corrected chi connectivity index (χ4v) is 18.8. The highest BCUT2D eigenvalue weighted by molar-refractivity contribution is 8.00. The Bertz CT molecular complexity index is 5550. The highest BCUT2D eigenvalue weighted by Crippen LogP contribution is 2.29. The molecule has 0 unspecified atom stereocenters. The first-order valence-corrected chi connectivity index (χ1v) is 51.6. The maximum absolute atomic E-state index is 15.9. The molecular formula is C100H145N23O25S. The number of phenols is 1. The van der Waals surface area contributed by atoms with E-state index >= 15 is 28.8 Å². The number of aliphatic hydroxyl groups excluding tert-OH is 1. The van der Waals surface area contributed by atoms with Gasteiger partial charge in [0.25, 0.3) is 0 Å². The molecule has 15 atom stereocenters. The summed E-state index contributed by atoms with van der Waals surface area (Å²) >= 11 is 0.720. The number of nitrogens with zero attached hydrogens (tertiary/aromatic N) is 6. The number of aromatic hydroxyl groups is 1.